The number of hydrogen-bond acceptors (Lipinski definition) is 4. The molecule has 0 radical (unpaired) electrons. The lowest BCUT2D eigenvalue weighted by atomic mass is 9.84. The van der Waals surface area contributed by atoms with E-state index < -0.39 is 0 Å². The average molecular weight is 328 g/mol. The molecule has 4 heterocycles. The Hall–Kier alpha value is -2.08. The van der Waals surface area contributed by atoms with Crippen molar-refractivity contribution in [3.8, 4) is 0 Å². The van der Waals surface area contributed by atoms with Crippen LogP contribution in [0.5, 0.6) is 0 Å². The van der Waals surface area contributed by atoms with Crippen molar-refractivity contribution in [2.24, 2.45) is 7.05 Å². The molecule has 6 nitrogen and oxygen atoms in total. The van der Waals surface area contributed by atoms with Crippen molar-refractivity contribution in [2.45, 2.75) is 37.8 Å². The number of furan rings is 1. The lowest BCUT2D eigenvalue weighted by Crippen LogP contribution is -2.52. The zero-order valence-corrected chi connectivity index (χ0v) is 14.1. The fraction of sp³-hybridized carbons (Fsp3) is 0.556. The van der Waals surface area contributed by atoms with Gasteiger partial charge in [-0.1, -0.05) is 0 Å². The molecule has 0 aromatic carbocycles. The van der Waals surface area contributed by atoms with E-state index >= 15 is 0 Å². The molecule has 0 unspecified atom stereocenters. The average Bonchev–Trinajstić information content (AvgIpc) is 3.32. The van der Waals surface area contributed by atoms with Gasteiger partial charge in [-0.05, 0) is 50.4 Å². The highest BCUT2D eigenvalue weighted by atomic mass is 16.3. The molecule has 4 rings (SSSR count). The Morgan fingerprint density at radius 1 is 1.25 bits per heavy atom. The lowest BCUT2D eigenvalue weighted by molar-refractivity contribution is 0.0359. The molecule has 128 valence electrons. The summed E-state index contributed by atoms with van der Waals surface area (Å²) in [7, 11) is 1.96. The van der Waals surface area contributed by atoms with Gasteiger partial charge < -0.3 is 9.32 Å². The van der Waals surface area contributed by atoms with Crippen molar-refractivity contribution >= 4 is 5.91 Å². The maximum absolute atomic E-state index is 12.4. The van der Waals surface area contributed by atoms with E-state index in [1.807, 2.05) is 22.8 Å². The van der Waals surface area contributed by atoms with E-state index in [9.17, 15) is 4.79 Å². The second kappa shape index (κ2) is 6.09. The molecule has 6 heteroatoms. The molecule has 0 bridgehead atoms. The van der Waals surface area contributed by atoms with E-state index in [-0.39, 0.29) is 11.4 Å². The molecule has 2 aromatic heterocycles. The van der Waals surface area contributed by atoms with E-state index in [1.54, 1.807) is 18.4 Å². The van der Waals surface area contributed by atoms with Crippen molar-refractivity contribution in [1.29, 1.82) is 0 Å². The van der Waals surface area contributed by atoms with Gasteiger partial charge in [-0.3, -0.25) is 14.4 Å². The fourth-order valence-corrected chi connectivity index (χ4v) is 4.23. The number of aryl methyl sites for hydroxylation is 1. The monoisotopic (exact) mass is 328 g/mol. The van der Waals surface area contributed by atoms with Gasteiger partial charge >= 0.3 is 0 Å². The maximum Gasteiger partial charge on any atom is 0.289 e. The van der Waals surface area contributed by atoms with Crippen molar-refractivity contribution in [2.75, 3.05) is 19.6 Å². The van der Waals surface area contributed by atoms with Crippen LogP contribution in [0, 0.1) is 0 Å². The van der Waals surface area contributed by atoms with Gasteiger partial charge in [0, 0.05) is 38.4 Å². The zero-order chi connectivity index (χ0) is 16.6. The predicted molar refractivity (Wildman–Crippen MR) is 89.4 cm³/mol. The standard InChI is InChI=1S/C18H24N4O2/c1-20-10-5-15(19-20)14-22-9-3-6-18(22)7-11-21(12-8-18)17(23)16-4-2-13-24-16/h2,4-5,10,13H,3,6-9,11-12,14H2,1H3. The molecular formula is C18H24N4O2. The Morgan fingerprint density at radius 3 is 2.75 bits per heavy atom. The number of piperidine rings is 1. The summed E-state index contributed by atoms with van der Waals surface area (Å²) >= 11 is 0. The molecule has 0 atom stereocenters. The number of nitrogens with zero attached hydrogens (tertiary/aromatic N) is 4. The molecule has 0 N–H and O–H groups in total. The molecule has 2 fully saturated rings. The van der Waals surface area contributed by atoms with E-state index in [2.05, 4.69) is 16.1 Å². The fourth-order valence-electron chi connectivity index (χ4n) is 4.23. The molecule has 2 aliphatic heterocycles. The first kappa shape index (κ1) is 15.4. The first-order chi connectivity index (χ1) is 11.7. The van der Waals surface area contributed by atoms with Crippen LogP contribution >= 0.6 is 0 Å². The van der Waals surface area contributed by atoms with Crippen molar-refractivity contribution < 1.29 is 9.21 Å². The SMILES string of the molecule is Cn1ccc(CN2CCCC23CCN(C(=O)c2ccco2)CC3)n1. The molecule has 2 aromatic rings. The summed E-state index contributed by atoms with van der Waals surface area (Å²) in [6, 6.07) is 5.61. The number of carbonyl (C=O) groups is 1. The van der Waals surface area contributed by atoms with Crippen molar-refractivity contribution in [3.63, 3.8) is 0 Å². The number of amides is 1. The van der Waals surface area contributed by atoms with E-state index in [0.717, 1.165) is 44.7 Å². The van der Waals surface area contributed by atoms with Crippen LogP contribution in [0.15, 0.2) is 35.1 Å². The van der Waals surface area contributed by atoms with Crippen LogP contribution in [0.3, 0.4) is 0 Å². The highest BCUT2D eigenvalue weighted by molar-refractivity contribution is 5.91. The Balaban J connectivity index is 1.42. The predicted octanol–water partition coefficient (Wildman–Crippen LogP) is 2.28. The van der Waals surface area contributed by atoms with Crippen molar-refractivity contribution in [3.05, 3.63) is 42.1 Å². The molecular weight excluding hydrogens is 304 g/mol. The van der Waals surface area contributed by atoms with Gasteiger partial charge in [0.2, 0.25) is 0 Å². The number of carbonyl (C=O) groups excluding carboxylic acids is 1. The highest BCUT2D eigenvalue weighted by Crippen LogP contribution is 2.39. The number of rotatable bonds is 3. The summed E-state index contributed by atoms with van der Waals surface area (Å²) < 4.78 is 7.12. The van der Waals surface area contributed by atoms with Gasteiger partial charge in [0.1, 0.15) is 0 Å². The van der Waals surface area contributed by atoms with E-state index in [1.165, 1.54) is 12.8 Å². The van der Waals surface area contributed by atoms with Gasteiger partial charge in [0.15, 0.2) is 5.76 Å². The van der Waals surface area contributed by atoms with Gasteiger partial charge in [-0.2, -0.15) is 5.10 Å². The summed E-state index contributed by atoms with van der Waals surface area (Å²) in [6.07, 6.45) is 8.09. The third-order valence-electron chi connectivity index (χ3n) is 5.58. The van der Waals surface area contributed by atoms with Crippen LogP contribution in [0.1, 0.15) is 41.9 Å². The third-order valence-corrected chi connectivity index (χ3v) is 5.58. The molecule has 1 spiro atoms. The molecule has 0 saturated carbocycles. The van der Waals surface area contributed by atoms with E-state index in [4.69, 9.17) is 4.42 Å². The minimum atomic E-state index is 0.0177. The Bertz CT molecular complexity index is 698. The van der Waals surface area contributed by atoms with Gasteiger partial charge in [-0.25, -0.2) is 0 Å². The van der Waals surface area contributed by atoms with E-state index in [0.29, 0.717) is 5.76 Å². The number of aromatic nitrogens is 2. The normalized spacial score (nSPS) is 20.8. The summed E-state index contributed by atoms with van der Waals surface area (Å²) in [4.78, 5) is 17.0. The Kier molecular flexibility index (Phi) is 3.92. The molecule has 24 heavy (non-hydrogen) atoms. The Morgan fingerprint density at radius 2 is 2.08 bits per heavy atom. The maximum atomic E-state index is 12.4. The van der Waals surface area contributed by atoms with Crippen LogP contribution in [0.25, 0.3) is 0 Å². The molecule has 0 aliphatic carbocycles. The van der Waals surface area contributed by atoms with Crippen LogP contribution in [0.2, 0.25) is 0 Å². The number of hydrogen-bond donors (Lipinski definition) is 0. The largest absolute Gasteiger partial charge is 0.459 e. The second-order valence-corrected chi connectivity index (χ2v) is 7.00. The summed E-state index contributed by atoms with van der Waals surface area (Å²) in [5.74, 6) is 0.465. The first-order valence-corrected chi connectivity index (χ1v) is 8.73. The lowest BCUT2D eigenvalue weighted by Gasteiger charge is -2.44. The van der Waals surface area contributed by atoms with Crippen LogP contribution in [-0.2, 0) is 13.6 Å². The molecule has 2 aliphatic rings. The minimum Gasteiger partial charge on any atom is -0.459 e. The molecule has 2 saturated heterocycles. The van der Waals surface area contributed by atoms with Crippen LogP contribution in [-0.4, -0.2) is 50.7 Å². The Labute approximate surface area is 142 Å². The number of likely N-dealkylation sites (tertiary alicyclic amines) is 2. The smallest absolute Gasteiger partial charge is 0.289 e. The minimum absolute atomic E-state index is 0.0177. The van der Waals surface area contributed by atoms with Crippen LogP contribution in [0.4, 0.5) is 0 Å². The topological polar surface area (TPSA) is 54.5 Å². The summed E-state index contributed by atoms with van der Waals surface area (Å²) in [5, 5.41) is 4.53. The second-order valence-electron chi connectivity index (χ2n) is 7.00. The summed E-state index contributed by atoms with van der Waals surface area (Å²) in [6.45, 7) is 3.65. The molecule has 1 amide bonds. The third kappa shape index (κ3) is 2.75. The van der Waals surface area contributed by atoms with Gasteiger partial charge in [0.05, 0.1) is 12.0 Å². The quantitative estimate of drug-likeness (QED) is 0.867. The van der Waals surface area contributed by atoms with Gasteiger partial charge in [-0.15, -0.1) is 0 Å². The first-order valence-electron chi connectivity index (χ1n) is 8.73. The van der Waals surface area contributed by atoms with Crippen molar-refractivity contribution in [1.82, 2.24) is 19.6 Å². The summed E-state index contributed by atoms with van der Waals surface area (Å²) in [5.41, 5.74) is 1.37. The highest BCUT2D eigenvalue weighted by Gasteiger charge is 2.44. The van der Waals surface area contributed by atoms with Crippen LogP contribution < -0.4 is 0 Å². The van der Waals surface area contributed by atoms with Gasteiger partial charge in [0.25, 0.3) is 5.91 Å². The zero-order valence-electron chi connectivity index (χ0n) is 14.1.